The van der Waals surface area contributed by atoms with Crippen LogP contribution < -0.4 is 5.32 Å². The minimum atomic E-state index is -0.581. The molecule has 82 valence electrons. The van der Waals surface area contributed by atoms with E-state index in [1.54, 1.807) is 0 Å². The monoisotopic (exact) mass is 225 g/mol. The van der Waals surface area contributed by atoms with E-state index >= 15 is 0 Å². The second-order valence-corrected chi connectivity index (χ2v) is 3.85. The number of amides is 1. The van der Waals surface area contributed by atoms with Crippen LogP contribution in [0.2, 0.25) is 0 Å². The number of carbonyl (C=O) groups is 1. The van der Waals surface area contributed by atoms with Gasteiger partial charge in [0.1, 0.15) is 5.38 Å². The molecule has 0 spiro atoms. The van der Waals surface area contributed by atoms with Crippen LogP contribution in [0.4, 0.5) is 0 Å². The molecule has 1 aromatic carbocycles. The molecule has 1 N–H and O–H groups in total. The summed E-state index contributed by atoms with van der Waals surface area (Å²) in [6.07, 6.45) is 2.06. The molecule has 1 aromatic rings. The van der Waals surface area contributed by atoms with E-state index in [1.165, 1.54) is 0 Å². The van der Waals surface area contributed by atoms with Gasteiger partial charge in [0.05, 0.1) is 0 Å². The molecule has 0 radical (unpaired) electrons. The van der Waals surface area contributed by atoms with Gasteiger partial charge in [0.15, 0.2) is 0 Å². The number of unbranched alkanes of at least 4 members (excludes halogenated alkanes) is 1. The van der Waals surface area contributed by atoms with Crippen LogP contribution >= 0.6 is 11.6 Å². The fraction of sp³-hybridized carbons (Fsp3) is 0.417. The molecule has 2 nitrogen and oxygen atoms in total. The molecular weight excluding hydrogens is 210 g/mol. The lowest BCUT2D eigenvalue weighted by Gasteiger charge is -2.10. The maximum absolute atomic E-state index is 11.6. The van der Waals surface area contributed by atoms with Crippen molar-refractivity contribution in [2.24, 2.45) is 0 Å². The normalized spacial score (nSPS) is 12.1. The lowest BCUT2D eigenvalue weighted by molar-refractivity contribution is -0.120. The van der Waals surface area contributed by atoms with Gasteiger partial charge in [-0.2, -0.15) is 0 Å². The third-order valence-electron chi connectivity index (χ3n) is 2.15. The predicted molar refractivity (Wildman–Crippen MR) is 63.0 cm³/mol. The topological polar surface area (TPSA) is 29.1 Å². The van der Waals surface area contributed by atoms with E-state index in [0.717, 1.165) is 18.4 Å². The van der Waals surface area contributed by atoms with Crippen LogP contribution in [0.15, 0.2) is 30.3 Å². The summed E-state index contributed by atoms with van der Waals surface area (Å²) in [5.41, 5.74) is 0.841. The first-order valence-electron chi connectivity index (χ1n) is 5.22. The van der Waals surface area contributed by atoms with Gasteiger partial charge >= 0.3 is 0 Å². The number of nitrogens with one attached hydrogen (secondary N) is 1. The molecule has 15 heavy (non-hydrogen) atoms. The van der Waals surface area contributed by atoms with Crippen LogP contribution in [-0.2, 0) is 4.79 Å². The summed E-state index contributed by atoms with van der Waals surface area (Å²) in [7, 11) is 0. The zero-order valence-corrected chi connectivity index (χ0v) is 9.63. The van der Waals surface area contributed by atoms with Crippen LogP contribution in [-0.4, -0.2) is 12.5 Å². The molecule has 0 fully saturated rings. The zero-order chi connectivity index (χ0) is 11.1. The second-order valence-electron chi connectivity index (χ2n) is 3.42. The Kier molecular flexibility index (Phi) is 5.19. The van der Waals surface area contributed by atoms with Gasteiger partial charge in [-0.1, -0.05) is 43.7 Å². The van der Waals surface area contributed by atoms with E-state index in [0.29, 0.717) is 6.54 Å². The third-order valence-corrected chi connectivity index (χ3v) is 2.60. The summed E-state index contributed by atoms with van der Waals surface area (Å²) >= 11 is 6.02. The van der Waals surface area contributed by atoms with Crippen LogP contribution in [0, 0.1) is 0 Å². The van der Waals surface area contributed by atoms with Gasteiger partial charge in [-0.15, -0.1) is 11.6 Å². The van der Waals surface area contributed by atoms with E-state index in [9.17, 15) is 4.79 Å². The maximum atomic E-state index is 11.6. The highest BCUT2D eigenvalue weighted by Gasteiger charge is 2.15. The minimum absolute atomic E-state index is 0.115. The summed E-state index contributed by atoms with van der Waals surface area (Å²) in [5, 5.41) is 2.23. The van der Waals surface area contributed by atoms with E-state index in [1.807, 2.05) is 30.3 Å². The number of rotatable bonds is 5. The van der Waals surface area contributed by atoms with Gasteiger partial charge in [0.2, 0.25) is 5.91 Å². The number of halogens is 1. The molecule has 0 heterocycles. The average molecular weight is 226 g/mol. The fourth-order valence-electron chi connectivity index (χ4n) is 1.25. The van der Waals surface area contributed by atoms with E-state index in [2.05, 4.69) is 12.2 Å². The standard InChI is InChI=1S/C12H16ClNO/c1-2-3-9-14-12(15)11(13)10-7-5-4-6-8-10/h4-8,11H,2-3,9H2,1H3,(H,14,15). The number of benzene rings is 1. The number of carbonyl (C=O) groups excluding carboxylic acids is 1. The van der Waals surface area contributed by atoms with Gasteiger partial charge in [-0.05, 0) is 12.0 Å². The molecule has 1 unspecified atom stereocenters. The van der Waals surface area contributed by atoms with Gasteiger partial charge in [0, 0.05) is 6.54 Å². The summed E-state index contributed by atoms with van der Waals surface area (Å²) < 4.78 is 0. The predicted octanol–water partition coefficient (Wildman–Crippen LogP) is 2.88. The Hall–Kier alpha value is -1.02. The van der Waals surface area contributed by atoms with Crippen molar-refractivity contribution in [1.29, 1.82) is 0 Å². The number of alkyl halides is 1. The number of hydrogen-bond donors (Lipinski definition) is 1. The minimum Gasteiger partial charge on any atom is -0.355 e. The molecule has 0 saturated heterocycles. The number of hydrogen-bond acceptors (Lipinski definition) is 1. The Morgan fingerprint density at radius 1 is 1.40 bits per heavy atom. The molecule has 0 bridgehead atoms. The third kappa shape index (κ3) is 3.92. The quantitative estimate of drug-likeness (QED) is 0.606. The van der Waals surface area contributed by atoms with Crippen molar-refractivity contribution in [3.8, 4) is 0 Å². The van der Waals surface area contributed by atoms with Gasteiger partial charge in [-0.25, -0.2) is 0 Å². The van der Waals surface area contributed by atoms with E-state index < -0.39 is 5.38 Å². The van der Waals surface area contributed by atoms with Crippen molar-refractivity contribution >= 4 is 17.5 Å². The van der Waals surface area contributed by atoms with Crippen molar-refractivity contribution in [3.63, 3.8) is 0 Å². The molecule has 1 atom stereocenters. The molecule has 3 heteroatoms. The Bertz CT molecular complexity index is 300. The van der Waals surface area contributed by atoms with Gasteiger partial charge < -0.3 is 5.32 Å². The highest BCUT2D eigenvalue weighted by atomic mass is 35.5. The smallest absolute Gasteiger partial charge is 0.242 e. The highest BCUT2D eigenvalue weighted by molar-refractivity contribution is 6.30. The molecule has 0 aliphatic carbocycles. The maximum Gasteiger partial charge on any atom is 0.242 e. The first kappa shape index (κ1) is 12.1. The average Bonchev–Trinajstić information content (AvgIpc) is 2.29. The van der Waals surface area contributed by atoms with Crippen molar-refractivity contribution < 1.29 is 4.79 Å². The summed E-state index contributed by atoms with van der Waals surface area (Å²) in [4.78, 5) is 11.6. The zero-order valence-electron chi connectivity index (χ0n) is 8.87. The molecule has 0 saturated carbocycles. The highest BCUT2D eigenvalue weighted by Crippen LogP contribution is 2.19. The summed E-state index contributed by atoms with van der Waals surface area (Å²) in [5.74, 6) is -0.115. The van der Waals surface area contributed by atoms with Gasteiger partial charge in [0.25, 0.3) is 0 Å². The van der Waals surface area contributed by atoms with E-state index in [4.69, 9.17) is 11.6 Å². The largest absolute Gasteiger partial charge is 0.355 e. The van der Waals surface area contributed by atoms with Crippen molar-refractivity contribution in [1.82, 2.24) is 5.32 Å². The Morgan fingerprint density at radius 2 is 2.07 bits per heavy atom. The fourth-order valence-corrected chi connectivity index (χ4v) is 1.47. The second kappa shape index (κ2) is 6.46. The first-order chi connectivity index (χ1) is 7.25. The van der Waals surface area contributed by atoms with Crippen LogP contribution in [0.3, 0.4) is 0 Å². The van der Waals surface area contributed by atoms with Gasteiger partial charge in [-0.3, -0.25) is 4.79 Å². The molecule has 0 aliphatic rings. The Morgan fingerprint density at radius 3 is 2.67 bits per heavy atom. The Balaban J connectivity index is 2.46. The van der Waals surface area contributed by atoms with E-state index in [-0.39, 0.29) is 5.91 Å². The lowest BCUT2D eigenvalue weighted by atomic mass is 10.1. The van der Waals surface area contributed by atoms with Crippen molar-refractivity contribution in [2.75, 3.05) is 6.54 Å². The Labute approximate surface area is 95.6 Å². The molecule has 1 rings (SSSR count). The molecule has 0 aliphatic heterocycles. The van der Waals surface area contributed by atoms with Crippen LogP contribution in [0.5, 0.6) is 0 Å². The summed E-state index contributed by atoms with van der Waals surface area (Å²) in [6.45, 7) is 2.78. The van der Waals surface area contributed by atoms with Crippen molar-refractivity contribution in [2.45, 2.75) is 25.1 Å². The molecule has 0 aromatic heterocycles. The SMILES string of the molecule is CCCCNC(=O)C(Cl)c1ccccc1. The first-order valence-corrected chi connectivity index (χ1v) is 5.66. The molecular formula is C12H16ClNO. The summed E-state index contributed by atoms with van der Waals surface area (Å²) in [6, 6.07) is 9.38. The molecule has 1 amide bonds. The lowest BCUT2D eigenvalue weighted by Crippen LogP contribution is -2.27. The van der Waals surface area contributed by atoms with Crippen LogP contribution in [0.1, 0.15) is 30.7 Å². The van der Waals surface area contributed by atoms with Crippen molar-refractivity contribution in [3.05, 3.63) is 35.9 Å². The van der Waals surface area contributed by atoms with Crippen LogP contribution in [0.25, 0.3) is 0 Å².